The molecule has 2 aromatic carbocycles. The number of aryl methyl sites for hydroxylation is 1. The number of amides is 1. The van der Waals surface area contributed by atoms with Gasteiger partial charge in [-0.2, -0.15) is 5.26 Å². The van der Waals surface area contributed by atoms with E-state index >= 15 is 0 Å². The average Bonchev–Trinajstić information content (AvgIpc) is 2.48. The first-order chi connectivity index (χ1) is 10.1. The Hall–Kier alpha value is -2.38. The van der Waals surface area contributed by atoms with E-state index in [0.717, 1.165) is 15.6 Å². The van der Waals surface area contributed by atoms with Crippen molar-refractivity contribution in [2.75, 3.05) is 5.32 Å². The Morgan fingerprint density at radius 2 is 1.86 bits per heavy atom. The van der Waals surface area contributed by atoms with Gasteiger partial charge in [0.25, 0.3) is 5.91 Å². The molecule has 0 unspecified atom stereocenters. The van der Waals surface area contributed by atoms with Crippen LogP contribution in [0.15, 0.2) is 58.6 Å². The molecule has 1 amide bonds. The van der Waals surface area contributed by atoms with Crippen LogP contribution in [0.3, 0.4) is 0 Å². The lowest BCUT2D eigenvalue weighted by molar-refractivity contribution is -0.112. The van der Waals surface area contributed by atoms with E-state index in [0.29, 0.717) is 5.69 Å². The third kappa shape index (κ3) is 3.80. The van der Waals surface area contributed by atoms with Crippen molar-refractivity contribution in [1.29, 1.82) is 5.26 Å². The summed E-state index contributed by atoms with van der Waals surface area (Å²) in [5.41, 5.74) is 2.50. The van der Waals surface area contributed by atoms with Crippen LogP contribution >= 0.6 is 15.9 Å². The van der Waals surface area contributed by atoms with Gasteiger partial charge in [-0.15, -0.1) is 0 Å². The highest BCUT2D eigenvalue weighted by atomic mass is 79.9. The predicted molar refractivity (Wildman–Crippen MR) is 87.5 cm³/mol. The van der Waals surface area contributed by atoms with Crippen molar-refractivity contribution in [3.8, 4) is 6.07 Å². The summed E-state index contributed by atoms with van der Waals surface area (Å²) in [5.74, 6) is -0.414. The van der Waals surface area contributed by atoms with Crippen molar-refractivity contribution in [2.45, 2.75) is 6.92 Å². The molecule has 21 heavy (non-hydrogen) atoms. The van der Waals surface area contributed by atoms with Gasteiger partial charge in [0, 0.05) is 10.2 Å². The highest BCUT2D eigenvalue weighted by Crippen LogP contribution is 2.20. The van der Waals surface area contributed by atoms with E-state index in [-0.39, 0.29) is 5.57 Å². The molecule has 0 spiro atoms. The van der Waals surface area contributed by atoms with E-state index in [4.69, 9.17) is 0 Å². The Bertz CT molecular complexity index is 744. The second kappa shape index (κ2) is 6.87. The fourth-order valence-corrected chi connectivity index (χ4v) is 2.20. The molecule has 0 aromatic heterocycles. The summed E-state index contributed by atoms with van der Waals surface area (Å²) in [4.78, 5) is 12.2. The van der Waals surface area contributed by atoms with Crippen LogP contribution in [0.25, 0.3) is 6.08 Å². The van der Waals surface area contributed by atoms with Crippen LogP contribution in [-0.4, -0.2) is 5.91 Å². The van der Waals surface area contributed by atoms with Crippen LogP contribution in [0.5, 0.6) is 0 Å². The van der Waals surface area contributed by atoms with Gasteiger partial charge in [-0.1, -0.05) is 52.3 Å². The number of hydrogen-bond donors (Lipinski definition) is 1. The Balaban J connectivity index is 2.26. The monoisotopic (exact) mass is 340 g/mol. The molecule has 0 fully saturated rings. The molecule has 0 bridgehead atoms. The molecule has 1 N–H and O–H groups in total. The molecule has 0 aliphatic heterocycles. The smallest absolute Gasteiger partial charge is 0.266 e. The molecule has 0 atom stereocenters. The van der Waals surface area contributed by atoms with Crippen molar-refractivity contribution in [2.24, 2.45) is 0 Å². The first-order valence-corrected chi connectivity index (χ1v) is 7.14. The van der Waals surface area contributed by atoms with Gasteiger partial charge in [-0.05, 0) is 36.3 Å². The van der Waals surface area contributed by atoms with Gasteiger partial charge in [0.05, 0.1) is 0 Å². The van der Waals surface area contributed by atoms with E-state index in [9.17, 15) is 10.1 Å². The van der Waals surface area contributed by atoms with Gasteiger partial charge in [0.15, 0.2) is 0 Å². The van der Waals surface area contributed by atoms with Gasteiger partial charge in [-0.3, -0.25) is 4.79 Å². The minimum absolute atomic E-state index is 0.0603. The third-order valence-electron chi connectivity index (χ3n) is 2.96. The summed E-state index contributed by atoms with van der Waals surface area (Å²) in [7, 11) is 0. The molecule has 104 valence electrons. The summed E-state index contributed by atoms with van der Waals surface area (Å²) in [6.07, 6.45) is 1.57. The zero-order valence-corrected chi connectivity index (χ0v) is 13.0. The van der Waals surface area contributed by atoms with Crippen LogP contribution in [0, 0.1) is 18.3 Å². The number of carbonyl (C=O) groups is 1. The lowest BCUT2D eigenvalue weighted by atomic mass is 10.1. The van der Waals surface area contributed by atoms with Crippen LogP contribution in [0.4, 0.5) is 5.69 Å². The van der Waals surface area contributed by atoms with E-state index in [2.05, 4.69) is 21.2 Å². The quantitative estimate of drug-likeness (QED) is 0.668. The molecule has 3 nitrogen and oxygen atoms in total. The average molecular weight is 341 g/mol. The normalized spacial score (nSPS) is 10.8. The summed E-state index contributed by atoms with van der Waals surface area (Å²) in [5, 5.41) is 12.0. The van der Waals surface area contributed by atoms with Gasteiger partial charge >= 0.3 is 0 Å². The van der Waals surface area contributed by atoms with Crippen molar-refractivity contribution >= 4 is 33.6 Å². The zero-order chi connectivity index (χ0) is 15.2. The number of halogens is 1. The first kappa shape index (κ1) is 15.0. The lowest BCUT2D eigenvalue weighted by Crippen LogP contribution is -2.14. The topological polar surface area (TPSA) is 52.9 Å². The molecule has 0 saturated carbocycles. The Kier molecular flexibility index (Phi) is 4.91. The number of nitriles is 1. The largest absolute Gasteiger partial charge is 0.321 e. The van der Waals surface area contributed by atoms with Crippen molar-refractivity contribution in [3.05, 3.63) is 69.7 Å². The number of nitrogens with zero attached hydrogens (tertiary/aromatic N) is 1. The molecular formula is C17H13BrN2O. The number of anilines is 1. The van der Waals surface area contributed by atoms with Crippen LogP contribution in [0.2, 0.25) is 0 Å². The van der Waals surface area contributed by atoms with E-state index in [1.807, 2.05) is 55.5 Å². The Morgan fingerprint density at radius 1 is 1.19 bits per heavy atom. The van der Waals surface area contributed by atoms with Crippen molar-refractivity contribution < 1.29 is 4.79 Å². The maximum absolute atomic E-state index is 12.2. The predicted octanol–water partition coefficient (Wildman–Crippen LogP) is 4.30. The van der Waals surface area contributed by atoms with Crippen LogP contribution in [-0.2, 0) is 4.79 Å². The Morgan fingerprint density at radius 3 is 2.52 bits per heavy atom. The molecule has 0 aliphatic rings. The second-order valence-electron chi connectivity index (χ2n) is 4.46. The summed E-state index contributed by atoms with van der Waals surface area (Å²) in [6.45, 7) is 1.90. The number of para-hydroxylation sites is 1. The molecular weight excluding hydrogens is 328 g/mol. The molecule has 0 aliphatic carbocycles. The summed E-state index contributed by atoms with van der Waals surface area (Å²) < 4.78 is 0.835. The maximum atomic E-state index is 12.2. The highest BCUT2D eigenvalue weighted by molar-refractivity contribution is 9.10. The number of hydrogen-bond acceptors (Lipinski definition) is 2. The SMILES string of the molecule is Cc1ccccc1NC(=O)C(C#N)=Cc1ccccc1Br. The molecule has 0 heterocycles. The highest BCUT2D eigenvalue weighted by Gasteiger charge is 2.11. The Labute approximate surface area is 132 Å². The minimum Gasteiger partial charge on any atom is -0.321 e. The van der Waals surface area contributed by atoms with Gasteiger partial charge < -0.3 is 5.32 Å². The number of rotatable bonds is 3. The number of benzene rings is 2. The van der Waals surface area contributed by atoms with Crippen molar-refractivity contribution in [1.82, 2.24) is 0 Å². The van der Waals surface area contributed by atoms with Crippen LogP contribution in [0.1, 0.15) is 11.1 Å². The molecule has 0 saturated heterocycles. The standard InChI is InChI=1S/C17H13BrN2O/c1-12-6-2-5-9-16(12)20-17(21)14(11-19)10-13-7-3-4-8-15(13)18/h2-10H,1H3,(H,20,21). The zero-order valence-electron chi connectivity index (χ0n) is 11.4. The van der Waals surface area contributed by atoms with Crippen molar-refractivity contribution in [3.63, 3.8) is 0 Å². The lowest BCUT2D eigenvalue weighted by Gasteiger charge is -2.07. The van der Waals surface area contributed by atoms with E-state index < -0.39 is 5.91 Å². The first-order valence-electron chi connectivity index (χ1n) is 6.35. The number of carbonyl (C=O) groups excluding carboxylic acids is 1. The van der Waals surface area contributed by atoms with Gasteiger partial charge in [0.1, 0.15) is 11.6 Å². The molecule has 2 rings (SSSR count). The van der Waals surface area contributed by atoms with Gasteiger partial charge in [0.2, 0.25) is 0 Å². The van der Waals surface area contributed by atoms with Gasteiger partial charge in [-0.25, -0.2) is 0 Å². The second-order valence-corrected chi connectivity index (χ2v) is 5.31. The van der Waals surface area contributed by atoms with Crippen LogP contribution < -0.4 is 5.32 Å². The molecule has 2 aromatic rings. The van der Waals surface area contributed by atoms with E-state index in [1.165, 1.54) is 0 Å². The minimum atomic E-state index is -0.414. The summed E-state index contributed by atoms with van der Waals surface area (Å²) in [6, 6.07) is 16.8. The summed E-state index contributed by atoms with van der Waals surface area (Å²) >= 11 is 3.40. The fourth-order valence-electron chi connectivity index (χ4n) is 1.80. The molecule has 0 radical (unpaired) electrons. The van der Waals surface area contributed by atoms with E-state index in [1.54, 1.807) is 12.1 Å². The fraction of sp³-hybridized carbons (Fsp3) is 0.0588. The molecule has 4 heteroatoms. The third-order valence-corrected chi connectivity index (χ3v) is 3.69. The maximum Gasteiger partial charge on any atom is 0.266 e. The number of nitrogens with one attached hydrogen (secondary N) is 1.